The number of aromatic amines is 1. The molecular formula is C25H30N2O2. The average Bonchev–Trinajstić information content (AvgIpc) is 3.01. The summed E-state index contributed by atoms with van der Waals surface area (Å²) in [6, 6.07) is 16.8. The molecule has 4 nitrogen and oxygen atoms in total. The Kier molecular flexibility index (Phi) is 6.18. The minimum atomic E-state index is 0.184. The molecule has 29 heavy (non-hydrogen) atoms. The molecule has 152 valence electrons. The van der Waals surface area contributed by atoms with Crippen molar-refractivity contribution in [2.75, 3.05) is 13.7 Å². The monoisotopic (exact) mass is 390 g/mol. The average molecular weight is 391 g/mol. The number of carbonyl (C=O) groups excluding carboxylic acids is 1. The first-order valence-electron chi connectivity index (χ1n) is 10.7. The van der Waals surface area contributed by atoms with Crippen LogP contribution in [0.4, 0.5) is 0 Å². The van der Waals surface area contributed by atoms with Gasteiger partial charge in [-0.1, -0.05) is 43.2 Å². The quantitative estimate of drug-likeness (QED) is 0.592. The number of amides is 1. The Morgan fingerprint density at radius 2 is 1.93 bits per heavy atom. The van der Waals surface area contributed by atoms with Gasteiger partial charge in [0.1, 0.15) is 5.75 Å². The summed E-state index contributed by atoms with van der Waals surface area (Å²) in [6.07, 6.45) is 9.01. The highest BCUT2D eigenvalue weighted by molar-refractivity contribution is 5.83. The predicted octanol–water partition coefficient (Wildman–Crippen LogP) is 5.64. The number of methoxy groups -OCH3 is 1. The number of hydrogen-bond donors (Lipinski definition) is 1. The molecule has 0 unspecified atom stereocenters. The second kappa shape index (κ2) is 9.17. The van der Waals surface area contributed by atoms with Crippen LogP contribution < -0.4 is 4.74 Å². The van der Waals surface area contributed by atoms with Gasteiger partial charge in [0.15, 0.2) is 0 Å². The lowest BCUT2D eigenvalue weighted by atomic mass is 10.00. The first-order chi connectivity index (χ1) is 14.3. The summed E-state index contributed by atoms with van der Waals surface area (Å²) in [4.78, 5) is 18.6. The molecule has 4 heteroatoms. The summed E-state index contributed by atoms with van der Waals surface area (Å²) in [6.45, 7) is 0.864. The number of aryl methyl sites for hydroxylation is 1. The van der Waals surface area contributed by atoms with Crippen LogP contribution in [0.3, 0.4) is 0 Å². The number of aromatic nitrogens is 1. The van der Waals surface area contributed by atoms with Crippen LogP contribution in [0.15, 0.2) is 54.7 Å². The number of nitrogens with zero attached hydrogens (tertiary/aromatic N) is 1. The lowest BCUT2D eigenvalue weighted by Crippen LogP contribution is -2.34. The van der Waals surface area contributed by atoms with Crippen LogP contribution in [-0.4, -0.2) is 29.4 Å². The molecule has 0 saturated carbocycles. The number of hydrogen-bond acceptors (Lipinski definition) is 2. The van der Waals surface area contributed by atoms with Crippen molar-refractivity contribution < 1.29 is 9.53 Å². The molecule has 1 aliphatic heterocycles. The number of fused-ring (bicyclic) bond motifs is 1. The molecule has 1 N–H and O–H groups in total. The van der Waals surface area contributed by atoms with E-state index in [0.29, 0.717) is 6.42 Å². The van der Waals surface area contributed by atoms with Gasteiger partial charge in [0.05, 0.1) is 13.2 Å². The largest absolute Gasteiger partial charge is 0.497 e. The van der Waals surface area contributed by atoms with Crippen LogP contribution in [-0.2, 0) is 11.2 Å². The van der Waals surface area contributed by atoms with E-state index in [2.05, 4.69) is 46.4 Å². The van der Waals surface area contributed by atoms with E-state index in [1.807, 2.05) is 18.2 Å². The lowest BCUT2D eigenvalue weighted by molar-refractivity contribution is -0.133. The van der Waals surface area contributed by atoms with Crippen LogP contribution in [0.2, 0.25) is 0 Å². The fraction of sp³-hybridized carbons (Fsp3) is 0.400. The van der Waals surface area contributed by atoms with Crippen LogP contribution >= 0.6 is 0 Å². The van der Waals surface area contributed by atoms with E-state index >= 15 is 0 Å². The second-order valence-electron chi connectivity index (χ2n) is 7.94. The van der Waals surface area contributed by atoms with Gasteiger partial charge < -0.3 is 14.6 Å². The number of likely N-dealkylation sites (tertiary alicyclic amines) is 1. The number of ether oxygens (including phenoxy) is 1. The third kappa shape index (κ3) is 4.47. The first-order valence-corrected chi connectivity index (χ1v) is 10.7. The number of rotatable bonds is 6. The molecule has 1 fully saturated rings. The van der Waals surface area contributed by atoms with E-state index in [1.54, 1.807) is 7.11 Å². The van der Waals surface area contributed by atoms with Crippen molar-refractivity contribution in [3.63, 3.8) is 0 Å². The zero-order valence-corrected chi connectivity index (χ0v) is 17.2. The van der Waals surface area contributed by atoms with Gasteiger partial charge in [-0.3, -0.25) is 4.79 Å². The van der Waals surface area contributed by atoms with Crippen molar-refractivity contribution in [3.8, 4) is 5.75 Å². The van der Waals surface area contributed by atoms with E-state index < -0.39 is 0 Å². The molecule has 1 aromatic heterocycles. The smallest absolute Gasteiger partial charge is 0.223 e. The molecule has 0 radical (unpaired) electrons. The van der Waals surface area contributed by atoms with Gasteiger partial charge in [-0.05, 0) is 55.0 Å². The summed E-state index contributed by atoms with van der Waals surface area (Å²) in [5.41, 5.74) is 3.69. The van der Waals surface area contributed by atoms with Crippen molar-refractivity contribution in [2.24, 2.45) is 0 Å². The molecule has 1 aliphatic rings. The van der Waals surface area contributed by atoms with Gasteiger partial charge in [0.25, 0.3) is 0 Å². The molecule has 1 amide bonds. The summed E-state index contributed by atoms with van der Waals surface area (Å²) in [5, 5.41) is 1.27. The minimum Gasteiger partial charge on any atom is -0.497 e. The summed E-state index contributed by atoms with van der Waals surface area (Å²) >= 11 is 0. The summed E-state index contributed by atoms with van der Waals surface area (Å²) in [7, 11) is 1.68. The SMILES string of the molecule is COc1ccc([C@@H]2CCCCCN2C(=O)CCCc2c[nH]c3ccccc23)cc1. The number of para-hydroxylation sites is 1. The van der Waals surface area contributed by atoms with Crippen molar-refractivity contribution in [3.05, 3.63) is 65.9 Å². The highest BCUT2D eigenvalue weighted by Crippen LogP contribution is 2.32. The Hall–Kier alpha value is -2.75. The molecule has 0 spiro atoms. The summed E-state index contributed by atoms with van der Waals surface area (Å²) in [5.74, 6) is 1.14. The van der Waals surface area contributed by atoms with Crippen molar-refractivity contribution in [1.82, 2.24) is 9.88 Å². The van der Waals surface area contributed by atoms with Crippen molar-refractivity contribution >= 4 is 16.8 Å². The Bertz CT molecular complexity index is 945. The topological polar surface area (TPSA) is 45.3 Å². The standard InChI is InChI=1S/C25H30N2O2/c1-29-21-15-13-19(14-16-21)24-11-3-2-6-17-27(24)25(28)12-7-8-20-18-26-23-10-5-4-9-22(20)23/h4-5,9-10,13-16,18,24,26H,2-3,6-8,11-12,17H2,1H3/t24-/m0/s1. The molecular weight excluding hydrogens is 360 g/mol. The predicted molar refractivity (Wildman–Crippen MR) is 117 cm³/mol. The van der Waals surface area contributed by atoms with E-state index in [9.17, 15) is 4.79 Å². The van der Waals surface area contributed by atoms with Gasteiger partial charge in [-0.15, -0.1) is 0 Å². The van der Waals surface area contributed by atoms with Gasteiger partial charge in [-0.2, -0.15) is 0 Å². The minimum absolute atomic E-state index is 0.184. The highest BCUT2D eigenvalue weighted by Gasteiger charge is 2.26. The van der Waals surface area contributed by atoms with Gasteiger partial charge >= 0.3 is 0 Å². The van der Waals surface area contributed by atoms with Crippen molar-refractivity contribution in [2.45, 2.75) is 51.0 Å². The maximum absolute atomic E-state index is 13.1. The first kappa shape index (κ1) is 19.6. The van der Waals surface area contributed by atoms with E-state index in [-0.39, 0.29) is 11.9 Å². The van der Waals surface area contributed by atoms with Crippen LogP contribution in [0.25, 0.3) is 10.9 Å². The Labute approximate surface area is 172 Å². The zero-order chi connectivity index (χ0) is 20.1. The summed E-state index contributed by atoms with van der Waals surface area (Å²) < 4.78 is 5.29. The van der Waals surface area contributed by atoms with Crippen LogP contribution in [0.1, 0.15) is 55.7 Å². The third-order valence-electron chi connectivity index (χ3n) is 6.09. The van der Waals surface area contributed by atoms with Crippen molar-refractivity contribution in [1.29, 1.82) is 0 Å². The Morgan fingerprint density at radius 1 is 1.10 bits per heavy atom. The lowest BCUT2D eigenvalue weighted by Gasteiger charge is -2.31. The molecule has 3 aromatic rings. The zero-order valence-electron chi connectivity index (χ0n) is 17.2. The molecule has 2 aromatic carbocycles. The molecule has 1 saturated heterocycles. The van der Waals surface area contributed by atoms with Crippen LogP contribution in [0, 0.1) is 0 Å². The number of H-pyrrole nitrogens is 1. The maximum atomic E-state index is 13.1. The number of nitrogens with one attached hydrogen (secondary N) is 1. The molecule has 4 rings (SSSR count). The highest BCUT2D eigenvalue weighted by atomic mass is 16.5. The number of carbonyl (C=O) groups is 1. The van der Waals surface area contributed by atoms with Gasteiger partial charge in [0.2, 0.25) is 5.91 Å². The Morgan fingerprint density at radius 3 is 2.76 bits per heavy atom. The Balaban J connectivity index is 1.41. The number of benzene rings is 2. The fourth-order valence-corrected chi connectivity index (χ4v) is 4.49. The molecule has 2 heterocycles. The molecule has 0 bridgehead atoms. The van der Waals surface area contributed by atoms with Gasteiger partial charge in [0, 0.05) is 30.1 Å². The van der Waals surface area contributed by atoms with Crippen LogP contribution in [0.5, 0.6) is 5.75 Å². The van der Waals surface area contributed by atoms with E-state index in [1.165, 1.54) is 34.9 Å². The maximum Gasteiger partial charge on any atom is 0.223 e. The molecule has 0 aliphatic carbocycles. The van der Waals surface area contributed by atoms with E-state index in [0.717, 1.165) is 38.0 Å². The fourth-order valence-electron chi connectivity index (χ4n) is 4.49. The normalized spacial score (nSPS) is 17.3. The third-order valence-corrected chi connectivity index (χ3v) is 6.09. The van der Waals surface area contributed by atoms with Gasteiger partial charge in [-0.25, -0.2) is 0 Å². The molecule has 1 atom stereocenters. The van der Waals surface area contributed by atoms with E-state index in [4.69, 9.17) is 4.74 Å². The second-order valence-corrected chi connectivity index (χ2v) is 7.94.